The van der Waals surface area contributed by atoms with Crippen LogP contribution in [0.3, 0.4) is 0 Å². The average molecular weight is 503 g/mol. The molecule has 1 aromatic heterocycles. The first kappa shape index (κ1) is 23.5. The number of aryl methyl sites for hydroxylation is 1. The van der Waals surface area contributed by atoms with Gasteiger partial charge >= 0.3 is 6.18 Å². The fourth-order valence-corrected chi connectivity index (χ4v) is 5.64. The zero-order valence-corrected chi connectivity index (χ0v) is 18.8. The highest BCUT2D eigenvalue weighted by molar-refractivity contribution is 7.89. The number of aromatic nitrogens is 2. The van der Waals surface area contributed by atoms with Gasteiger partial charge < -0.3 is 9.88 Å². The van der Waals surface area contributed by atoms with E-state index in [0.29, 0.717) is 16.7 Å². The minimum Gasteiger partial charge on any atom is -0.380 e. The van der Waals surface area contributed by atoms with Gasteiger partial charge in [-0.1, -0.05) is 29.8 Å². The lowest BCUT2D eigenvalue weighted by molar-refractivity contribution is -0.139. The molecule has 33 heavy (non-hydrogen) atoms. The van der Waals surface area contributed by atoms with E-state index >= 15 is 0 Å². The van der Waals surface area contributed by atoms with Gasteiger partial charge in [0.15, 0.2) is 5.03 Å². The van der Waals surface area contributed by atoms with Gasteiger partial charge in [0.05, 0.1) is 11.9 Å². The van der Waals surface area contributed by atoms with Gasteiger partial charge in [-0.15, -0.1) is 0 Å². The van der Waals surface area contributed by atoms with Gasteiger partial charge in [0.25, 0.3) is 10.0 Å². The van der Waals surface area contributed by atoms with Crippen molar-refractivity contribution in [1.29, 1.82) is 0 Å². The molecule has 1 saturated heterocycles. The summed E-state index contributed by atoms with van der Waals surface area (Å²) >= 11 is 6.35. The maximum Gasteiger partial charge on any atom is 0.419 e. The van der Waals surface area contributed by atoms with Crippen molar-refractivity contribution in [3.63, 3.8) is 0 Å². The molecular formula is C21H19ClF4N4O2S. The fraction of sp³-hybridized carbons (Fsp3) is 0.286. The molecule has 1 aliphatic heterocycles. The number of sulfonamides is 1. The van der Waals surface area contributed by atoms with Crippen LogP contribution in [0.1, 0.15) is 17.0 Å². The van der Waals surface area contributed by atoms with E-state index in [1.807, 2.05) is 0 Å². The normalized spacial score (nSPS) is 19.7. The first-order valence-electron chi connectivity index (χ1n) is 9.82. The van der Waals surface area contributed by atoms with Gasteiger partial charge in [-0.2, -0.15) is 17.5 Å². The maximum atomic E-state index is 13.7. The maximum absolute atomic E-state index is 13.7. The van der Waals surface area contributed by atoms with Crippen LogP contribution in [-0.2, 0) is 23.2 Å². The molecule has 2 heterocycles. The van der Waals surface area contributed by atoms with Crippen LogP contribution in [0.4, 0.5) is 23.2 Å². The first-order chi connectivity index (χ1) is 15.5. The smallest absolute Gasteiger partial charge is 0.380 e. The lowest BCUT2D eigenvalue weighted by atomic mass is 9.94. The van der Waals surface area contributed by atoms with Crippen LogP contribution < -0.4 is 5.32 Å². The Bertz CT molecular complexity index is 1280. The lowest BCUT2D eigenvalue weighted by Gasteiger charge is -2.22. The molecule has 0 amide bonds. The van der Waals surface area contributed by atoms with Crippen molar-refractivity contribution in [2.45, 2.75) is 23.2 Å². The Morgan fingerprint density at radius 3 is 2.52 bits per heavy atom. The van der Waals surface area contributed by atoms with Crippen LogP contribution in [0.2, 0.25) is 5.02 Å². The highest BCUT2D eigenvalue weighted by atomic mass is 35.5. The van der Waals surface area contributed by atoms with Gasteiger partial charge in [0.2, 0.25) is 0 Å². The first-order valence-corrected chi connectivity index (χ1v) is 11.6. The number of halogens is 5. The molecule has 6 nitrogen and oxygen atoms in total. The minimum atomic E-state index is -4.87. The monoisotopic (exact) mass is 502 g/mol. The number of rotatable bonds is 5. The number of imidazole rings is 1. The van der Waals surface area contributed by atoms with Gasteiger partial charge in [0, 0.05) is 49.0 Å². The Kier molecular flexibility index (Phi) is 6.14. The van der Waals surface area contributed by atoms with Crippen LogP contribution in [0.5, 0.6) is 0 Å². The molecule has 0 saturated carbocycles. The molecule has 1 N–H and O–H groups in total. The second kappa shape index (κ2) is 8.62. The topological polar surface area (TPSA) is 67.2 Å². The van der Waals surface area contributed by atoms with Crippen LogP contribution in [0.15, 0.2) is 60.0 Å². The minimum absolute atomic E-state index is 0.0165. The Morgan fingerprint density at radius 2 is 1.88 bits per heavy atom. The predicted octanol–water partition coefficient (Wildman–Crippen LogP) is 4.50. The summed E-state index contributed by atoms with van der Waals surface area (Å²) in [5, 5.41) is 3.23. The Morgan fingerprint density at radius 1 is 1.15 bits per heavy atom. The molecule has 4 rings (SSSR count). The molecule has 3 aromatic rings. The zero-order chi connectivity index (χ0) is 24.0. The average Bonchev–Trinajstić information content (AvgIpc) is 3.36. The van der Waals surface area contributed by atoms with E-state index in [-0.39, 0.29) is 23.8 Å². The molecule has 176 valence electrons. The van der Waals surface area contributed by atoms with Gasteiger partial charge in [-0.3, -0.25) is 0 Å². The van der Waals surface area contributed by atoms with Gasteiger partial charge in [-0.25, -0.2) is 17.8 Å². The highest BCUT2D eigenvalue weighted by Crippen LogP contribution is 2.38. The molecular weight excluding hydrogens is 484 g/mol. The van der Waals surface area contributed by atoms with E-state index in [2.05, 4.69) is 10.3 Å². The summed E-state index contributed by atoms with van der Waals surface area (Å²) in [5.74, 6) is -1.86. The summed E-state index contributed by atoms with van der Waals surface area (Å²) in [5.41, 5.74) is -0.742. The summed E-state index contributed by atoms with van der Waals surface area (Å²) in [6.07, 6.45) is -2.13. The van der Waals surface area contributed by atoms with Crippen LogP contribution in [0.25, 0.3) is 0 Å². The number of nitrogens with zero attached hydrogens (tertiary/aromatic N) is 3. The molecule has 1 fully saturated rings. The molecule has 0 spiro atoms. The summed E-state index contributed by atoms with van der Waals surface area (Å²) < 4.78 is 82.2. The molecule has 0 radical (unpaired) electrons. The quantitative estimate of drug-likeness (QED) is 0.522. The molecule has 0 aliphatic carbocycles. The third kappa shape index (κ3) is 4.71. The van der Waals surface area contributed by atoms with Crippen LogP contribution in [-0.4, -0.2) is 41.4 Å². The fourth-order valence-electron chi connectivity index (χ4n) is 3.90. The lowest BCUT2D eigenvalue weighted by Crippen LogP contribution is -2.32. The highest BCUT2D eigenvalue weighted by Gasteiger charge is 2.42. The van der Waals surface area contributed by atoms with Crippen molar-refractivity contribution in [3.8, 4) is 0 Å². The number of hydrogen-bond acceptors (Lipinski definition) is 4. The van der Waals surface area contributed by atoms with Gasteiger partial charge in [0.1, 0.15) is 5.82 Å². The largest absolute Gasteiger partial charge is 0.419 e. The van der Waals surface area contributed by atoms with Gasteiger partial charge in [-0.05, 0) is 29.8 Å². The van der Waals surface area contributed by atoms with Crippen molar-refractivity contribution in [2.24, 2.45) is 7.05 Å². The van der Waals surface area contributed by atoms with Crippen LogP contribution >= 0.6 is 11.6 Å². The summed E-state index contributed by atoms with van der Waals surface area (Å²) in [7, 11) is -2.32. The number of benzene rings is 2. The SMILES string of the molecule is Cn1cnc(S(=O)(=O)N2C[C@H](Nc3ccc(F)c(C(F)(F)F)c3)[C@@H](c3ccccc3Cl)C2)c1. The third-order valence-corrected chi connectivity index (χ3v) is 7.56. The Hall–Kier alpha value is -2.63. The molecule has 2 aromatic carbocycles. The van der Waals surface area contributed by atoms with E-state index < -0.39 is 39.5 Å². The van der Waals surface area contributed by atoms with Crippen LogP contribution in [0, 0.1) is 5.82 Å². The van der Waals surface area contributed by atoms with E-state index in [4.69, 9.17) is 11.6 Å². The van der Waals surface area contributed by atoms with Crippen molar-refractivity contribution >= 4 is 27.3 Å². The molecule has 12 heteroatoms. The standard InChI is InChI=1S/C21H19ClF4N4O2S/c1-29-11-20(27-12-29)33(31,32)30-9-15(14-4-2-3-5-17(14)22)19(10-30)28-13-6-7-18(23)16(8-13)21(24,25)26/h2-8,11-12,15,19,28H,9-10H2,1H3/t15-,19+/m1/s1. The van der Waals surface area contributed by atoms with Crippen molar-refractivity contribution in [3.05, 3.63) is 77.0 Å². The molecule has 1 aliphatic rings. The summed E-state index contributed by atoms with van der Waals surface area (Å²) in [6.45, 7) is -0.0127. The number of nitrogens with one attached hydrogen (secondary N) is 1. The molecule has 0 unspecified atom stereocenters. The predicted molar refractivity (Wildman–Crippen MR) is 115 cm³/mol. The van der Waals surface area contributed by atoms with E-state index in [0.717, 1.165) is 6.07 Å². The third-order valence-electron chi connectivity index (χ3n) is 5.50. The Balaban J connectivity index is 1.69. The van der Waals surface area contributed by atoms with Crippen molar-refractivity contribution < 1.29 is 26.0 Å². The summed E-state index contributed by atoms with van der Waals surface area (Å²) in [6, 6.07) is 8.82. The van der Waals surface area contributed by atoms with Crippen molar-refractivity contribution in [2.75, 3.05) is 18.4 Å². The van der Waals surface area contributed by atoms with E-state index in [1.54, 1.807) is 31.3 Å². The van der Waals surface area contributed by atoms with Crippen molar-refractivity contribution in [1.82, 2.24) is 13.9 Å². The second-order valence-electron chi connectivity index (χ2n) is 7.77. The Labute approximate surface area is 192 Å². The van der Waals surface area contributed by atoms with E-state index in [1.165, 1.54) is 27.5 Å². The zero-order valence-electron chi connectivity index (χ0n) is 17.2. The van der Waals surface area contributed by atoms with E-state index in [9.17, 15) is 26.0 Å². The summed E-state index contributed by atoms with van der Waals surface area (Å²) in [4.78, 5) is 3.92. The molecule has 2 atom stereocenters. The number of alkyl halides is 3. The number of hydrogen-bond donors (Lipinski definition) is 1. The number of anilines is 1. The second-order valence-corrected chi connectivity index (χ2v) is 10.1. The molecule has 0 bridgehead atoms.